The van der Waals surface area contributed by atoms with Gasteiger partial charge in [-0.2, -0.15) is 0 Å². The number of aryl methyl sites for hydroxylation is 1. The van der Waals surface area contributed by atoms with Crippen molar-refractivity contribution in [1.82, 2.24) is 0 Å². The van der Waals surface area contributed by atoms with Crippen LogP contribution in [0.15, 0.2) is 47.4 Å². The number of ether oxygens (including phenoxy) is 1. The van der Waals surface area contributed by atoms with Crippen molar-refractivity contribution in [3.8, 4) is 11.5 Å². The van der Waals surface area contributed by atoms with Gasteiger partial charge in [0.15, 0.2) is 9.84 Å². The van der Waals surface area contributed by atoms with Crippen LogP contribution in [0.4, 0.5) is 0 Å². The summed E-state index contributed by atoms with van der Waals surface area (Å²) in [6.07, 6.45) is 2.01. The van der Waals surface area contributed by atoms with Crippen LogP contribution < -0.4 is 10.5 Å². The molecular formula is C16H19NO3S. The van der Waals surface area contributed by atoms with E-state index in [0.29, 0.717) is 18.0 Å². The first-order valence-electron chi connectivity index (χ1n) is 6.68. The maximum absolute atomic E-state index is 11.5. The topological polar surface area (TPSA) is 69.4 Å². The average molecular weight is 305 g/mol. The minimum atomic E-state index is -3.23. The molecule has 0 radical (unpaired) electrons. The molecule has 0 spiro atoms. The van der Waals surface area contributed by atoms with E-state index in [4.69, 9.17) is 10.5 Å². The molecule has 2 N–H and O–H groups in total. The quantitative estimate of drug-likeness (QED) is 0.922. The molecule has 21 heavy (non-hydrogen) atoms. The number of sulfone groups is 1. The van der Waals surface area contributed by atoms with Crippen molar-refractivity contribution in [2.24, 2.45) is 5.73 Å². The highest BCUT2D eigenvalue weighted by Crippen LogP contribution is 2.25. The second kappa shape index (κ2) is 6.28. The van der Waals surface area contributed by atoms with Crippen molar-refractivity contribution in [2.45, 2.75) is 18.2 Å². The average Bonchev–Trinajstić information content (AvgIpc) is 2.41. The highest BCUT2D eigenvalue weighted by Gasteiger charge is 2.08. The highest BCUT2D eigenvalue weighted by atomic mass is 32.2. The molecule has 0 atom stereocenters. The summed E-state index contributed by atoms with van der Waals surface area (Å²) in [6.45, 7) is 2.61. The number of hydrogen-bond acceptors (Lipinski definition) is 4. The van der Waals surface area contributed by atoms with Crippen molar-refractivity contribution >= 4 is 9.84 Å². The summed E-state index contributed by atoms with van der Waals surface area (Å²) in [6, 6.07) is 12.3. The summed E-state index contributed by atoms with van der Waals surface area (Å²) in [7, 11) is -3.23. The van der Waals surface area contributed by atoms with Crippen LogP contribution in [-0.2, 0) is 16.3 Å². The molecule has 0 amide bonds. The predicted molar refractivity (Wildman–Crippen MR) is 83.6 cm³/mol. The van der Waals surface area contributed by atoms with Gasteiger partial charge in [0.05, 0.1) is 4.90 Å². The van der Waals surface area contributed by atoms with Gasteiger partial charge in [0.25, 0.3) is 0 Å². The van der Waals surface area contributed by atoms with Gasteiger partial charge in [-0.25, -0.2) is 8.42 Å². The molecule has 0 unspecified atom stereocenters. The van der Waals surface area contributed by atoms with Gasteiger partial charge in [0.1, 0.15) is 11.5 Å². The van der Waals surface area contributed by atoms with Crippen LogP contribution in [-0.4, -0.2) is 21.2 Å². The van der Waals surface area contributed by atoms with Gasteiger partial charge in [-0.15, -0.1) is 0 Å². The van der Waals surface area contributed by atoms with Gasteiger partial charge in [-0.3, -0.25) is 0 Å². The Bertz CT molecular complexity index is 739. The largest absolute Gasteiger partial charge is 0.457 e. The van der Waals surface area contributed by atoms with Gasteiger partial charge in [-0.1, -0.05) is 12.1 Å². The Hall–Kier alpha value is -1.85. The summed E-state index contributed by atoms with van der Waals surface area (Å²) in [4.78, 5) is 0.247. The van der Waals surface area contributed by atoms with Gasteiger partial charge in [-0.05, 0) is 61.3 Å². The van der Waals surface area contributed by atoms with Crippen molar-refractivity contribution < 1.29 is 13.2 Å². The molecule has 0 aliphatic heterocycles. The van der Waals surface area contributed by atoms with E-state index in [9.17, 15) is 8.42 Å². The molecule has 0 aliphatic rings. The van der Waals surface area contributed by atoms with Gasteiger partial charge < -0.3 is 10.5 Å². The molecule has 0 bridgehead atoms. The van der Waals surface area contributed by atoms with Crippen LogP contribution in [0.5, 0.6) is 11.5 Å². The first-order chi connectivity index (χ1) is 9.90. The zero-order valence-electron chi connectivity index (χ0n) is 12.2. The number of hydrogen-bond donors (Lipinski definition) is 1. The fraction of sp³-hybridized carbons (Fsp3) is 0.250. The SMILES string of the molecule is Cc1cc(Oc2cccc(S(C)(=O)=O)c2)ccc1CCN. The predicted octanol–water partition coefficient (Wildman–Crippen LogP) is 2.69. The van der Waals surface area contributed by atoms with E-state index >= 15 is 0 Å². The highest BCUT2D eigenvalue weighted by molar-refractivity contribution is 7.90. The number of benzene rings is 2. The first-order valence-corrected chi connectivity index (χ1v) is 8.57. The molecule has 0 aromatic heterocycles. The van der Waals surface area contributed by atoms with Crippen LogP contribution in [0.1, 0.15) is 11.1 Å². The normalized spacial score (nSPS) is 11.4. The second-order valence-corrected chi connectivity index (χ2v) is 6.99. The summed E-state index contributed by atoms with van der Waals surface area (Å²) in [5.41, 5.74) is 7.86. The molecule has 0 fully saturated rings. The zero-order valence-corrected chi connectivity index (χ0v) is 13.0. The monoisotopic (exact) mass is 305 g/mol. The van der Waals surface area contributed by atoms with E-state index < -0.39 is 9.84 Å². The minimum absolute atomic E-state index is 0.247. The van der Waals surface area contributed by atoms with E-state index in [1.807, 2.05) is 25.1 Å². The third kappa shape index (κ3) is 4.06. The zero-order chi connectivity index (χ0) is 15.5. The molecule has 0 saturated carbocycles. The fourth-order valence-electron chi connectivity index (χ4n) is 2.07. The standard InChI is InChI=1S/C16H19NO3S/c1-12-10-15(7-6-13(12)8-9-17)20-14-4-3-5-16(11-14)21(2,18)19/h3-7,10-11H,8-9,17H2,1-2H3. The first kappa shape index (κ1) is 15.5. The Morgan fingerprint density at radius 2 is 1.81 bits per heavy atom. The van der Waals surface area contributed by atoms with Crippen molar-refractivity contribution in [3.05, 3.63) is 53.6 Å². The van der Waals surface area contributed by atoms with E-state index in [1.54, 1.807) is 18.2 Å². The summed E-state index contributed by atoms with van der Waals surface area (Å²) in [5, 5.41) is 0. The van der Waals surface area contributed by atoms with Crippen LogP contribution in [0.25, 0.3) is 0 Å². The smallest absolute Gasteiger partial charge is 0.175 e. The molecule has 112 valence electrons. The van der Waals surface area contributed by atoms with Crippen LogP contribution >= 0.6 is 0 Å². The van der Waals surface area contributed by atoms with Crippen LogP contribution in [0.2, 0.25) is 0 Å². The van der Waals surface area contributed by atoms with Crippen molar-refractivity contribution in [2.75, 3.05) is 12.8 Å². The summed E-state index contributed by atoms with van der Waals surface area (Å²) >= 11 is 0. The summed E-state index contributed by atoms with van der Waals surface area (Å²) in [5.74, 6) is 1.18. The second-order valence-electron chi connectivity index (χ2n) is 4.98. The Morgan fingerprint density at radius 3 is 2.43 bits per heavy atom. The van der Waals surface area contributed by atoms with E-state index in [1.165, 1.54) is 17.9 Å². The van der Waals surface area contributed by atoms with Crippen molar-refractivity contribution in [1.29, 1.82) is 0 Å². The molecule has 0 aliphatic carbocycles. The van der Waals surface area contributed by atoms with E-state index in [-0.39, 0.29) is 4.90 Å². The fourth-order valence-corrected chi connectivity index (χ4v) is 2.73. The number of nitrogens with two attached hydrogens (primary N) is 1. The lowest BCUT2D eigenvalue weighted by Crippen LogP contribution is -2.04. The van der Waals surface area contributed by atoms with Crippen LogP contribution in [0.3, 0.4) is 0 Å². The van der Waals surface area contributed by atoms with Crippen LogP contribution in [0, 0.1) is 6.92 Å². The van der Waals surface area contributed by atoms with Crippen molar-refractivity contribution in [3.63, 3.8) is 0 Å². The van der Waals surface area contributed by atoms with Gasteiger partial charge >= 0.3 is 0 Å². The lowest BCUT2D eigenvalue weighted by molar-refractivity contribution is 0.480. The third-order valence-electron chi connectivity index (χ3n) is 3.20. The van der Waals surface area contributed by atoms with Gasteiger partial charge in [0.2, 0.25) is 0 Å². The summed E-state index contributed by atoms with van der Waals surface area (Å²) < 4.78 is 28.8. The Morgan fingerprint density at radius 1 is 1.10 bits per heavy atom. The lowest BCUT2D eigenvalue weighted by Gasteiger charge is -2.10. The Kier molecular flexibility index (Phi) is 4.65. The maximum Gasteiger partial charge on any atom is 0.175 e. The minimum Gasteiger partial charge on any atom is -0.457 e. The van der Waals surface area contributed by atoms with E-state index in [2.05, 4.69) is 0 Å². The number of rotatable bonds is 5. The molecule has 5 heteroatoms. The third-order valence-corrected chi connectivity index (χ3v) is 4.31. The molecule has 2 aromatic rings. The molecule has 2 aromatic carbocycles. The van der Waals surface area contributed by atoms with Gasteiger partial charge in [0, 0.05) is 6.26 Å². The lowest BCUT2D eigenvalue weighted by atomic mass is 10.1. The molecular weight excluding hydrogens is 286 g/mol. The molecule has 0 saturated heterocycles. The maximum atomic E-state index is 11.5. The molecule has 0 heterocycles. The van der Waals surface area contributed by atoms with E-state index in [0.717, 1.165) is 12.0 Å². The molecule has 2 rings (SSSR count). The Balaban J connectivity index is 2.24. The molecule has 4 nitrogen and oxygen atoms in total. The Labute approximate surface area is 125 Å².